The molecule has 0 bridgehead atoms. The molecule has 0 radical (unpaired) electrons. The number of amides is 1. The molecule has 0 saturated heterocycles. The second-order valence-electron chi connectivity index (χ2n) is 8.55. The fraction of sp³-hybridized carbons (Fsp3) is 0.360. The van der Waals surface area contributed by atoms with Crippen molar-refractivity contribution in [1.82, 2.24) is 5.32 Å². The van der Waals surface area contributed by atoms with Gasteiger partial charge in [0.25, 0.3) is 5.91 Å². The van der Waals surface area contributed by atoms with Crippen LogP contribution in [0.4, 0.5) is 5.69 Å². The van der Waals surface area contributed by atoms with Crippen molar-refractivity contribution < 1.29 is 4.79 Å². The number of nitrogens with one attached hydrogen (secondary N) is 1. The van der Waals surface area contributed by atoms with Gasteiger partial charge in [0.15, 0.2) is 5.11 Å². The van der Waals surface area contributed by atoms with E-state index < -0.39 is 6.17 Å². The SMILES string of the molecule is CN1C(=O)C(NC(=S)/N=C/C2CCC(CN)CC2)N=C(c2ccccc2)c2cc(Cl)ccc21. The van der Waals surface area contributed by atoms with Crippen LogP contribution in [0.3, 0.4) is 0 Å². The molecule has 1 fully saturated rings. The first-order valence-corrected chi connectivity index (χ1v) is 12.0. The highest BCUT2D eigenvalue weighted by Crippen LogP contribution is 2.30. The van der Waals surface area contributed by atoms with Gasteiger partial charge in [-0.15, -0.1) is 0 Å². The molecule has 1 saturated carbocycles. The number of benzene rings is 2. The number of halogens is 1. The van der Waals surface area contributed by atoms with E-state index in [9.17, 15) is 4.79 Å². The van der Waals surface area contributed by atoms with Crippen LogP contribution in [0.2, 0.25) is 5.02 Å². The number of hydrogen-bond acceptors (Lipinski definition) is 4. The minimum atomic E-state index is -0.894. The number of carbonyl (C=O) groups excluding carboxylic acids is 1. The number of nitrogens with two attached hydrogens (primary N) is 1. The molecule has 0 aromatic heterocycles. The quantitative estimate of drug-likeness (QED) is 0.506. The minimum absolute atomic E-state index is 0.217. The summed E-state index contributed by atoms with van der Waals surface area (Å²) in [6.07, 6.45) is 5.37. The smallest absolute Gasteiger partial charge is 0.272 e. The van der Waals surface area contributed by atoms with Crippen molar-refractivity contribution in [3.8, 4) is 0 Å². The number of likely N-dealkylation sites (N-methyl/N-ethyl adjacent to an activating group) is 1. The van der Waals surface area contributed by atoms with Gasteiger partial charge in [-0.25, -0.2) is 9.98 Å². The lowest BCUT2D eigenvalue weighted by molar-refractivity contribution is -0.119. The maximum absolute atomic E-state index is 13.3. The summed E-state index contributed by atoms with van der Waals surface area (Å²) in [7, 11) is 1.73. The zero-order chi connectivity index (χ0) is 23.4. The zero-order valence-corrected chi connectivity index (χ0v) is 20.1. The van der Waals surface area contributed by atoms with E-state index in [2.05, 4.69) is 10.3 Å². The van der Waals surface area contributed by atoms with Crippen LogP contribution in [0, 0.1) is 11.8 Å². The molecule has 4 rings (SSSR count). The number of rotatable bonds is 4. The first kappa shape index (κ1) is 23.5. The van der Waals surface area contributed by atoms with Crippen molar-refractivity contribution >= 4 is 52.5 Å². The van der Waals surface area contributed by atoms with E-state index in [1.165, 1.54) is 0 Å². The minimum Gasteiger partial charge on any atom is -0.331 e. The van der Waals surface area contributed by atoms with Gasteiger partial charge in [0.05, 0.1) is 11.4 Å². The van der Waals surface area contributed by atoms with Crippen LogP contribution in [0.1, 0.15) is 36.8 Å². The summed E-state index contributed by atoms with van der Waals surface area (Å²) < 4.78 is 0. The second kappa shape index (κ2) is 10.5. The maximum Gasteiger partial charge on any atom is 0.272 e. The lowest BCUT2D eigenvalue weighted by Gasteiger charge is -2.25. The van der Waals surface area contributed by atoms with Crippen molar-refractivity contribution in [3.63, 3.8) is 0 Å². The van der Waals surface area contributed by atoms with Gasteiger partial charge in [0.1, 0.15) is 0 Å². The largest absolute Gasteiger partial charge is 0.331 e. The number of aliphatic imine (C=N–C) groups is 2. The first-order chi connectivity index (χ1) is 16.0. The summed E-state index contributed by atoms with van der Waals surface area (Å²) in [5.41, 5.74) is 8.88. The first-order valence-electron chi connectivity index (χ1n) is 11.2. The molecule has 1 unspecified atom stereocenters. The Morgan fingerprint density at radius 3 is 2.67 bits per heavy atom. The number of hydrogen-bond donors (Lipinski definition) is 2. The average Bonchev–Trinajstić information content (AvgIpc) is 2.94. The summed E-state index contributed by atoms with van der Waals surface area (Å²) in [5.74, 6) is 0.778. The van der Waals surface area contributed by atoms with Crippen LogP contribution < -0.4 is 16.0 Å². The van der Waals surface area contributed by atoms with E-state index in [1.807, 2.05) is 48.7 Å². The molecule has 0 spiro atoms. The van der Waals surface area contributed by atoms with Crippen molar-refractivity contribution in [3.05, 3.63) is 64.7 Å². The molecule has 2 aliphatic rings. The van der Waals surface area contributed by atoms with E-state index in [-0.39, 0.29) is 11.0 Å². The molecule has 6 nitrogen and oxygen atoms in total. The number of thiocarbonyl (C=S) groups is 1. The van der Waals surface area contributed by atoms with Gasteiger partial charge < -0.3 is 16.0 Å². The molecular weight excluding hydrogens is 454 g/mol. The number of fused-ring (bicyclic) bond motifs is 1. The standard InChI is InChI=1S/C25H28ClN5OS/c1-31-21-12-11-19(26)13-20(21)22(18-5-3-2-4-6-18)29-23(24(31)32)30-25(33)28-15-17-9-7-16(14-27)8-10-17/h2-6,11-13,15-17,23H,7-10,14,27H2,1H3,(H,30,33)/b28-15+. The molecule has 3 N–H and O–H groups in total. The third-order valence-electron chi connectivity index (χ3n) is 6.33. The third-order valence-corrected chi connectivity index (χ3v) is 6.79. The van der Waals surface area contributed by atoms with Crippen LogP contribution >= 0.6 is 23.8 Å². The molecule has 172 valence electrons. The molecule has 8 heteroatoms. The average molecular weight is 482 g/mol. The van der Waals surface area contributed by atoms with Crippen LogP contribution in [0.5, 0.6) is 0 Å². The van der Waals surface area contributed by atoms with Gasteiger partial charge in [0.2, 0.25) is 6.17 Å². The van der Waals surface area contributed by atoms with Crippen molar-refractivity contribution in [2.24, 2.45) is 27.6 Å². The fourth-order valence-corrected chi connectivity index (χ4v) is 4.71. The molecule has 1 heterocycles. The predicted molar refractivity (Wildman–Crippen MR) is 139 cm³/mol. The Hall–Kier alpha value is -2.61. The molecule has 1 amide bonds. The number of nitrogens with zero attached hydrogens (tertiary/aromatic N) is 3. The number of anilines is 1. The van der Waals surface area contributed by atoms with Crippen LogP contribution in [-0.2, 0) is 4.79 Å². The maximum atomic E-state index is 13.3. The van der Waals surface area contributed by atoms with E-state index in [4.69, 9.17) is 34.5 Å². The highest BCUT2D eigenvalue weighted by Gasteiger charge is 2.30. The van der Waals surface area contributed by atoms with Gasteiger partial charge in [0, 0.05) is 29.4 Å². The zero-order valence-electron chi connectivity index (χ0n) is 18.6. The Morgan fingerprint density at radius 2 is 1.97 bits per heavy atom. The lowest BCUT2D eigenvalue weighted by Crippen LogP contribution is -2.45. The van der Waals surface area contributed by atoms with Crippen molar-refractivity contribution in [2.75, 3.05) is 18.5 Å². The summed E-state index contributed by atoms with van der Waals surface area (Å²) in [5, 5.41) is 3.88. The van der Waals surface area contributed by atoms with E-state index >= 15 is 0 Å². The van der Waals surface area contributed by atoms with Crippen LogP contribution in [-0.4, -0.2) is 42.7 Å². The molecular formula is C25H28ClN5OS. The van der Waals surface area contributed by atoms with Gasteiger partial charge in [-0.05, 0) is 74.5 Å². The molecule has 1 aliphatic carbocycles. The van der Waals surface area contributed by atoms with E-state index in [1.54, 1.807) is 18.0 Å². The molecule has 33 heavy (non-hydrogen) atoms. The van der Waals surface area contributed by atoms with Crippen molar-refractivity contribution in [1.29, 1.82) is 0 Å². The Kier molecular flexibility index (Phi) is 7.53. The Labute approximate surface area is 204 Å². The third kappa shape index (κ3) is 5.49. The van der Waals surface area contributed by atoms with Gasteiger partial charge >= 0.3 is 0 Å². The van der Waals surface area contributed by atoms with E-state index in [0.717, 1.165) is 49.0 Å². The Bertz CT molecular complexity index is 1080. The summed E-state index contributed by atoms with van der Waals surface area (Å²) in [6, 6.07) is 15.2. The van der Waals surface area contributed by atoms with Crippen molar-refractivity contribution in [2.45, 2.75) is 31.8 Å². The lowest BCUT2D eigenvalue weighted by atomic mass is 9.83. The summed E-state index contributed by atoms with van der Waals surface area (Å²) in [4.78, 5) is 24.1. The molecule has 1 aliphatic heterocycles. The topological polar surface area (TPSA) is 83.1 Å². The van der Waals surface area contributed by atoms with Crippen LogP contribution in [0.25, 0.3) is 0 Å². The van der Waals surface area contributed by atoms with Crippen LogP contribution in [0.15, 0.2) is 58.5 Å². The summed E-state index contributed by atoms with van der Waals surface area (Å²) >= 11 is 11.8. The molecule has 1 atom stereocenters. The predicted octanol–water partition coefficient (Wildman–Crippen LogP) is 4.19. The monoisotopic (exact) mass is 481 g/mol. The Morgan fingerprint density at radius 1 is 1.24 bits per heavy atom. The number of carbonyl (C=O) groups is 1. The normalized spacial score (nSPS) is 23.1. The summed E-state index contributed by atoms with van der Waals surface area (Å²) in [6.45, 7) is 0.747. The highest BCUT2D eigenvalue weighted by atomic mass is 35.5. The van der Waals surface area contributed by atoms with Gasteiger partial charge in [-0.2, -0.15) is 0 Å². The molecule has 2 aromatic rings. The Balaban J connectivity index is 1.59. The fourth-order valence-electron chi connectivity index (χ4n) is 4.37. The molecule has 2 aromatic carbocycles. The number of benzodiazepines with no additional fused rings is 1. The van der Waals surface area contributed by atoms with Gasteiger partial charge in [-0.1, -0.05) is 41.9 Å². The van der Waals surface area contributed by atoms with Gasteiger partial charge in [-0.3, -0.25) is 4.79 Å². The van der Waals surface area contributed by atoms with E-state index in [0.29, 0.717) is 22.6 Å². The second-order valence-corrected chi connectivity index (χ2v) is 9.37. The highest BCUT2D eigenvalue weighted by molar-refractivity contribution is 7.80.